The van der Waals surface area contributed by atoms with Gasteiger partial charge in [0.1, 0.15) is 0 Å². The van der Waals surface area contributed by atoms with E-state index in [1.54, 1.807) is 12.4 Å². The van der Waals surface area contributed by atoms with Gasteiger partial charge in [-0.15, -0.1) is 0 Å². The lowest BCUT2D eigenvalue weighted by Gasteiger charge is -2.38. The van der Waals surface area contributed by atoms with Gasteiger partial charge in [0.25, 0.3) is 0 Å². The Morgan fingerprint density at radius 1 is 1.09 bits per heavy atom. The van der Waals surface area contributed by atoms with Gasteiger partial charge in [0.2, 0.25) is 18.3 Å². The van der Waals surface area contributed by atoms with Crippen LogP contribution in [0.15, 0.2) is 12.4 Å². The molecule has 35 heavy (non-hydrogen) atoms. The summed E-state index contributed by atoms with van der Waals surface area (Å²) >= 11 is 0. The van der Waals surface area contributed by atoms with E-state index in [9.17, 15) is 4.79 Å². The number of hydrogen-bond donors (Lipinski definition) is 1. The number of aromatic nitrogens is 6. The molecule has 2 aliphatic rings. The van der Waals surface area contributed by atoms with Crippen molar-refractivity contribution in [2.24, 2.45) is 5.92 Å². The molecule has 2 saturated heterocycles. The summed E-state index contributed by atoms with van der Waals surface area (Å²) in [6, 6.07) is 0.0980. The fraction of sp³-hybridized carbons (Fsp3) is 0.565. The summed E-state index contributed by atoms with van der Waals surface area (Å²) < 4.78 is 7.78. The molecule has 1 atom stereocenters. The van der Waals surface area contributed by atoms with Crippen LogP contribution in [0.25, 0.3) is 22.6 Å². The van der Waals surface area contributed by atoms with Crippen LogP contribution in [0.1, 0.15) is 20.8 Å². The molecule has 12 nitrogen and oxygen atoms in total. The number of nitrogen functional groups attached to an aromatic ring is 1. The van der Waals surface area contributed by atoms with Gasteiger partial charge >= 0.3 is 0 Å². The zero-order chi connectivity index (χ0) is 24.5. The van der Waals surface area contributed by atoms with E-state index >= 15 is 0 Å². The number of imidazole rings is 1. The Labute approximate surface area is 204 Å². The predicted octanol–water partition coefficient (Wildman–Crippen LogP) is 1.03. The van der Waals surface area contributed by atoms with Crippen molar-refractivity contribution in [1.29, 1.82) is 0 Å². The van der Waals surface area contributed by atoms with Crippen molar-refractivity contribution in [1.82, 2.24) is 34.4 Å². The molecular weight excluding hydrogens is 448 g/mol. The number of nitrogens with two attached hydrogens (primary N) is 1. The van der Waals surface area contributed by atoms with Crippen LogP contribution in [0.5, 0.6) is 0 Å². The molecular formula is C23H32N10O2. The molecule has 0 aliphatic carbocycles. The van der Waals surface area contributed by atoms with Crippen molar-refractivity contribution in [2.75, 3.05) is 61.5 Å². The van der Waals surface area contributed by atoms with Gasteiger partial charge in [-0.3, -0.25) is 9.36 Å². The highest BCUT2D eigenvalue weighted by Crippen LogP contribution is 2.32. The number of rotatable bonds is 6. The number of carbonyl (C=O) groups is 1. The van der Waals surface area contributed by atoms with Crippen molar-refractivity contribution in [2.45, 2.75) is 33.4 Å². The standard InChI is InChI=1S/C23H32N10O2/c1-15(2)12-33-21-18(27-23(33)31-4-5-32(14-34)16(3)13-31)20(30-6-8-35-9-7-30)28-19(29-21)17-10-25-22(24)26-11-17/h10-11,14-16H,4-9,12-13H2,1-3H3,(H2,24,25,26). The lowest BCUT2D eigenvalue weighted by molar-refractivity contribution is -0.120. The Morgan fingerprint density at radius 3 is 2.49 bits per heavy atom. The van der Waals surface area contributed by atoms with Crippen molar-refractivity contribution in [3.8, 4) is 11.4 Å². The zero-order valence-corrected chi connectivity index (χ0v) is 20.5. The number of carbonyl (C=O) groups excluding carboxylic acids is 1. The number of amides is 1. The molecule has 5 heterocycles. The topological polar surface area (TPSA) is 131 Å². The molecule has 12 heteroatoms. The van der Waals surface area contributed by atoms with E-state index in [1.807, 2.05) is 4.90 Å². The fourth-order valence-corrected chi connectivity index (χ4v) is 4.64. The van der Waals surface area contributed by atoms with E-state index in [-0.39, 0.29) is 12.0 Å². The van der Waals surface area contributed by atoms with E-state index in [2.05, 4.69) is 45.1 Å². The normalized spacial score (nSPS) is 19.1. The second-order valence-corrected chi connectivity index (χ2v) is 9.53. The summed E-state index contributed by atoms with van der Waals surface area (Å²) in [5, 5.41) is 0. The van der Waals surface area contributed by atoms with Gasteiger partial charge in [-0.1, -0.05) is 13.8 Å². The van der Waals surface area contributed by atoms with E-state index in [1.165, 1.54) is 0 Å². The first-order valence-corrected chi connectivity index (χ1v) is 12.1. The summed E-state index contributed by atoms with van der Waals surface area (Å²) in [5.41, 5.74) is 7.96. The summed E-state index contributed by atoms with van der Waals surface area (Å²) in [5.74, 6) is 2.77. The lowest BCUT2D eigenvalue weighted by atomic mass is 10.2. The molecule has 0 saturated carbocycles. The smallest absolute Gasteiger partial charge is 0.219 e. The Morgan fingerprint density at radius 2 is 1.83 bits per heavy atom. The molecule has 3 aromatic rings. The number of hydrogen-bond acceptors (Lipinski definition) is 10. The summed E-state index contributed by atoms with van der Waals surface area (Å²) in [4.78, 5) is 41.0. The lowest BCUT2D eigenvalue weighted by Crippen LogP contribution is -2.52. The van der Waals surface area contributed by atoms with Gasteiger partial charge in [-0.25, -0.2) is 24.9 Å². The average molecular weight is 481 g/mol. The van der Waals surface area contributed by atoms with Gasteiger partial charge in [0.05, 0.1) is 18.8 Å². The molecule has 5 rings (SSSR count). The Balaban J connectivity index is 1.67. The molecule has 3 aromatic heterocycles. The van der Waals surface area contributed by atoms with Crippen LogP contribution in [-0.2, 0) is 16.1 Å². The van der Waals surface area contributed by atoms with Gasteiger partial charge in [-0.05, 0) is 12.8 Å². The predicted molar refractivity (Wildman–Crippen MR) is 133 cm³/mol. The monoisotopic (exact) mass is 480 g/mol. The quantitative estimate of drug-likeness (QED) is 0.510. The first-order valence-electron chi connectivity index (χ1n) is 12.1. The minimum Gasteiger partial charge on any atom is -0.378 e. The third-order valence-electron chi connectivity index (χ3n) is 6.44. The highest BCUT2D eigenvalue weighted by atomic mass is 16.5. The van der Waals surface area contributed by atoms with E-state index < -0.39 is 0 Å². The van der Waals surface area contributed by atoms with Crippen LogP contribution < -0.4 is 15.5 Å². The molecule has 1 unspecified atom stereocenters. The van der Waals surface area contributed by atoms with Crippen LogP contribution in [0, 0.1) is 5.92 Å². The maximum absolute atomic E-state index is 11.4. The number of morpholine rings is 1. The van der Waals surface area contributed by atoms with Gasteiger partial charge in [0.15, 0.2) is 22.8 Å². The van der Waals surface area contributed by atoms with Gasteiger partial charge in [-0.2, -0.15) is 0 Å². The van der Waals surface area contributed by atoms with Crippen LogP contribution in [0.2, 0.25) is 0 Å². The molecule has 2 fully saturated rings. The van der Waals surface area contributed by atoms with Crippen LogP contribution in [0.3, 0.4) is 0 Å². The van der Waals surface area contributed by atoms with Gasteiger partial charge < -0.3 is 25.2 Å². The molecule has 186 valence electrons. The minimum absolute atomic E-state index is 0.0980. The fourth-order valence-electron chi connectivity index (χ4n) is 4.64. The number of nitrogens with zero attached hydrogens (tertiary/aromatic N) is 9. The first kappa shape index (κ1) is 23.2. The third-order valence-corrected chi connectivity index (χ3v) is 6.44. The van der Waals surface area contributed by atoms with Gasteiger partial charge in [0, 0.05) is 57.7 Å². The number of fused-ring (bicyclic) bond motifs is 1. The van der Waals surface area contributed by atoms with Crippen molar-refractivity contribution in [3.05, 3.63) is 12.4 Å². The molecule has 2 N–H and O–H groups in total. The minimum atomic E-state index is 0.0980. The Kier molecular flexibility index (Phi) is 6.37. The molecule has 0 radical (unpaired) electrons. The number of anilines is 3. The van der Waals surface area contributed by atoms with Crippen molar-refractivity contribution < 1.29 is 9.53 Å². The second-order valence-electron chi connectivity index (χ2n) is 9.53. The highest BCUT2D eigenvalue weighted by molar-refractivity contribution is 5.88. The number of ether oxygens (including phenoxy) is 1. The van der Waals surface area contributed by atoms with Crippen LogP contribution in [-0.4, -0.2) is 92.8 Å². The highest BCUT2D eigenvalue weighted by Gasteiger charge is 2.29. The summed E-state index contributed by atoms with van der Waals surface area (Å²) in [7, 11) is 0. The molecule has 0 aromatic carbocycles. The second kappa shape index (κ2) is 9.61. The SMILES string of the molecule is CC(C)Cn1c(N2CCN(C=O)C(C)C2)nc2c(N3CCOCC3)nc(-c3cnc(N)nc3)nc21. The molecule has 2 aliphatic heterocycles. The largest absolute Gasteiger partial charge is 0.378 e. The van der Waals surface area contributed by atoms with E-state index in [0.29, 0.717) is 50.2 Å². The average Bonchev–Trinajstić information content (AvgIpc) is 3.22. The summed E-state index contributed by atoms with van der Waals surface area (Å²) in [6.45, 7) is 12.0. The molecule has 1 amide bonds. The van der Waals surface area contributed by atoms with E-state index in [4.69, 9.17) is 25.4 Å². The molecule has 0 bridgehead atoms. The molecule has 0 spiro atoms. The maximum atomic E-state index is 11.4. The van der Waals surface area contributed by atoms with Crippen molar-refractivity contribution in [3.63, 3.8) is 0 Å². The third kappa shape index (κ3) is 4.57. The van der Waals surface area contributed by atoms with Crippen LogP contribution >= 0.6 is 0 Å². The van der Waals surface area contributed by atoms with Crippen LogP contribution in [0.4, 0.5) is 17.7 Å². The van der Waals surface area contributed by atoms with E-state index in [0.717, 1.165) is 49.0 Å². The number of piperazine rings is 1. The van der Waals surface area contributed by atoms with Crippen molar-refractivity contribution >= 4 is 35.3 Å². The Bertz CT molecular complexity index is 1190. The first-order chi connectivity index (χ1) is 16.9. The maximum Gasteiger partial charge on any atom is 0.219 e. The zero-order valence-electron chi connectivity index (χ0n) is 20.5. The summed E-state index contributed by atoms with van der Waals surface area (Å²) in [6.07, 6.45) is 4.23. The Hall–Kier alpha value is -3.54.